The summed E-state index contributed by atoms with van der Waals surface area (Å²) in [5, 5.41) is 0. The van der Waals surface area contributed by atoms with Crippen LogP contribution in [0.2, 0.25) is 0 Å². The van der Waals surface area contributed by atoms with Crippen LogP contribution in [0.25, 0.3) is 0 Å². The van der Waals surface area contributed by atoms with E-state index in [4.69, 9.17) is 17.2 Å². The molecule has 0 aromatic heterocycles. The van der Waals surface area contributed by atoms with Crippen LogP contribution in [0.4, 0.5) is 20.2 Å². The van der Waals surface area contributed by atoms with E-state index in [1.54, 1.807) is 22.6 Å². The van der Waals surface area contributed by atoms with E-state index in [0.717, 1.165) is 12.1 Å². The van der Waals surface area contributed by atoms with E-state index in [1.165, 1.54) is 12.1 Å². The lowest BCUT2D eigenvalue weighted by molar-refractivity contribution is -0.119. The number of amides is 1. The second kappa shape index (κ2) is 7.81. The van der Waals surface area contributed by atoms with E-state index in [0.29, 0.717) is 7.14 Å². The number of carbonyl (C=O) groups excluding carboxylic acids is 2. The average Bonchev–Trinajstić information content (AvgIpc) is 2.53. The van der Waals surface area contributed by atoms with Gasteiger partial charge >= 0.3 is 0 Å². The minimum atomic E-state index is -1.06. The molecule has 5 nitrogen and oxygen atoms in total. The fraction of sp³-hybridized carbons (Fsp3) is 0.125. The molecule has 132 valence electrons. The standard InChI is InChI=1S/C16H13F2I2N3O2/c17-9-1-6(3-11(19)14(9)21)8(16(23)25)5-13(24)7-2-10(18)15(22)12(20)4-7/h1-4,8H,5,21-22H2,(H2,23,25). The summed E-state index contributed by atoms with van der Waals surface area (Å²) in [6.07, 6.45) is -0.325. The maximum absolute atomic E-state index is 13.8. The molecule has 1 atom stereocenters. The normalized spacial score (nSPS) is 12.0. The van der Waals surface area contributed by atoms with E-state index in [-0.39, 0.29) is 28.9 Å². The van der Waals surface area contributed by atoms with Crippen molar-refractivity contribution in [2.45, 2.75) is 12.3 Å². The van der Waals surface area contributed by atoms with E-state index < -0.39 is 29.2 Å². The Morgan fingerprint density at radius 3 is 1.96 bits per heavy atom. The zero-order valence-corrected chi connectivity index (χ0v) is 17.0. The van der Waals surface area contributed by atoms with Gasteiger partial charge in [-0.15, -0.1) is 0 Å². The van der Waals surface area contributed by atoms with Crippen molar-refractivity contribution in [3.63, 3.8) is 0 Å². The number of carbonyl (C=O) groups is 2. The molecule has 2 rings (SSSR count). The summed E-state index contributed by atoms with van der Waals surface area (Å²) in [4.78, 5) is 24.2. The fourth-order valence-corrected chi connectivity index (χ4v) is 3.45. The van der Waals surface area contributed by atoms with Gasteiger partial charge in [-0.2, -0.15) is 0 Å². The van der Waals surface area contributed by atoms with Crippen LogP contribution >= 0.6 is 45.2 Å². The maximum Gasteiger partial charge on any atom is 0.225 e. The molecule has 9 heteroatoms. The maximum atomic E-state index is 13.8. The van der Waals surface area contributed by atoms with Crippen LogP contribution in [-0.4, -0.2) is 11.7 Å². The van der Waals surface area contributed by atoms with Crippen LogP contribution in [-0.2, 0) is 4.79 Å². The predicted molar refractivity (Wildman–Crippen MR) is 108 cm³/mol. The fourth-order valence-electron chi connectivity index (χ4n) is 2.24. The molecular weight excluding hydrogens is 558 g/mol. The SMILES string of the molecule is NC(=O)C(CC(=O)c1cc(F)c(N)c(I)c1)c1cc(F)c(N)c(I)c1. The van der Waals surface area contributed by atoms with Crippen LogP contribution < -0.4 is 17.2 Å². The number of hydrogen-bond donors (Lipinski definition) is 3. The second-order valence-corrected chi connectivity index (χ2v) is 7.66. The highest BCUT2D eigenvalue weighted by molar-refractivity contribution is 14.1. The number of primary amides is 1. The summed E-state index contributed by atoms with van der Waals surface area (Å²) in [6.45, 7) is 0. The molecule has 0 aliphatic carbocycles. The number of nitrogen functional groups attached to an aromatic ring is 2. The molecule has 0 bridgehead atoms. The summed E-state index contributed by atoms with van der Waals surface area (Å²) in [5.74, 6) is -3.78. The Bertz CT molecular complexity index is 828. The molecule has 0 heterocycles. The molecule has 0 spiro atoms. The first-order valence-corrected chi connectivity index (χ1v) is 9.09. The first-order valence-electron chi connectivity index (χ1n) is 6.93. The molecule has 6 N–H and O–H groups in total. The number of hydrogen-bond acceptors (Lipinski definition) is 4. The zero-order chi connectivity index (χ0) is 18.9. The minimum Gasteiger partial charge on any atom is -0.395 e. The van der Waals surface area contributed by atoms with Gasteiger partial charge in [0.05, 0.1) is 17.3 Å². The monoisotopic (exact) mass is 571 g/mol. The molecular formula is C16H13F2I2N3O2. The van der Waals surface area contributed by atoms with Gasteiger partial charge in [0.1, 0.15) is 11.6 Å². The molecule has 0 aliphatic rings. The molecule has 2 aromatic carbocycles. The van der Waals surface area contributed by atoms with Crippen LogP contribution in [0.3, 0.4) is 0 Å². The van der Waals surface area contributed by atoms with Crippen molar-refractivity contribution in [1.82, 2.24) is 0 Å². The van der Waals surface area contributed by atoms with Crippen molar-refractivity contribution in [2.75, 3.05) is 11.5 Å². The van der Waals surface area contributed by atoms with Gasteiger partial charge in [0.15, 0.2) is 5.78 Å². The average molecular weight is 571 g/mol. The predicted octanol–water partition coefficient (Wildman–Crippen LogP) is 3.18. The molecule has 0 aliphatic heterocycles. The number of ketones is 1. The number of benzene rings is 2. The zero-order valence-electron chi connectivity index (χ0n) is 12.7. The lowest BCUT2D eigenvalue weighted by Gasteiger charge is -2.15. The Morgan fingerprint density at radius 2 is 1.48 bits per heavy atom. The van der Waals surface area contributed by atoms with Crippen molar-refractivity contribution in [3.05, 3.63) is 54.2 Å². The van der Waals surface area contributed by atoms with Gasteiger partial charge in [-0.3, -0.25) is 9.59 Å². The number of nitrogens with two attached hydrogens (primary N) is 3. The van der Waals surface area contributed by atoms with E-state index in [2.05, 4.69) is 0 Å². The van der Waals surface area contributed by atoms with Crippen LogP contribution in [0, 0.1) is 18.8 Å². The number of halogens is 4. The summed E-state index contributed by atoms with van der Waals surface area (Å²) in [6, 6.07) is 5.00. The molecule has 1 amide bonds. The van der Waals surface area contributed by atoms with Crippen molar-refractivity contribution in [3.8, 4) is 0 Å². The van der Waals surface area contributed by atoms with Crippen molar-refractivity contribution in [2.24, 2.45) is 5.73 Å². The molecule has 25 heavy (non-hydrogen) atoms. The lowest BCUT2D eigenvalue weighted by atomic mass is 9.90. The Labute approximate surface area is 169 Å². The molecule has 2 aromatic rings. The van der Waals surface area contributed by atoms with Crippen molar-refractivity contribution in [1.29, 1.82) is 0 Å². The summed E-state index contributed by atoms with van der Waals surface area (Å²) in [5.41, 5.74) is 16.6. The first kappa shape index (κ1) is 19.8. The molecule has 1 unspecified atom stereocenters. The Hall–Kier alpha value is -1.50. The largest absolute Gasteiger partial charge is 0.395 e. The third-order valence-electron chi connectivity index (χ3n) is 3.64. The topological polar surface area (TPSA) is 112 Å². The van der Waals surface area contributed by atoms with E-state index in [9.17, 15) is 18.4 Å². The second-order valence-electron chi connectivity index (χ2n) is 5.33. The quantitative estimate of drug-likeness (QED) is 0.291. The molecule has 0 saturated heterocycles. The Morgan fingerprint density at radius 1 is 0.960 bits per heavy atom. The molecule has 0 fully saturated rings. The Kier molecular flexibility index (Phi) is 6.19. The highest BCUT2D eigenvalue weighted by Gasteiger charge is 2.25. The number of rotatable bonds is 5. The minimum absolute atomic E-state index is 0.0472. The van der Waals surface area contributed by atoms with Gasteiger partial charge in [-0.05, 0) is 75.0 Å². The van der Waals surface area contributed by atoms with Crippen LogP contribution in [0.1, 0.15) is 28.3 Å². The van der Waals surface area contributed by atoms with Crippen molar-refractivity contribution < 1.29 is 18.4 Å². The third kappa shape index (κ3) is 4.37. The Balaban J connectivity index is 2.37. The highest BCUT2D eigenvalue weighted by Crippen LogP contribution is 2.29. The van der Waals surface area contributed by atoms with Gasteiger partial charge in [0.2, 0.25) is 5.91 Å². The van der Waals surface area contributed by atoms with Crippen molar-refractivity contribution >= 4 is 68.2 Å². The smallest absolute Gasteiger partial charge is 0.225 e. The summed E-state index contributed by atoms with van der Waals surface area (Å²) in [7, 11) is 0. The van der Waals surface area contributed by atoms with Crippen LogP contribution in [0.15, 0.2) is 24.3 Å². The molecule has 0 saturated carbocycles. The summed E-state index contributed by atoms with van der Waals surface area (Å²) >= 11 is 3.63. The first-order chi connectivity index (χ1) is 11.6. The number of anilines is 2. The van der Waals surface area contributed by atoms with Crippen LogP contribution in [0.5, 0.6) is 0 Å². The van der Waals surface area contributed by atoms with Gasteiger partial charge in [-0.1, -0.05) is 0 Å². The number of Topliss-reactive ketones (excluding diaryl/α,β-unsaturated/α-hetero) is 1. The van der Waals surface area contributed by atoms with Gasteiger partial charge < -0.3 is 17.2 Å². The van der Waals surface area contributed by atoms with Gasteiger partial charge in [0, 0.05) is 19.1 Å². The van der Waals surface area contributed by atoms with E-state index >= 15 is 0 Å². The lowest BCUT2D eigenvalue weighted by Crippen LogP contribution is -2.24. The summed E-state index contributed by atoms with van der Waals surface area (Å²) < 4.78 is 28.4. The van der Waals surface area contributed by atoms with Gasteiger partial charge in [-0.25, -0.2) is 8.78 Å². The molecule has 0 radical (unpaired) electrons. The van der Waals surface area contributed by atoms with Gasteiger partial charge in [0.25, 0.3) is 0 Å². The van der Waals surface area contributed by atoms with E-state index in [1.807, 2.05) is 22.6 Å². The highest BCUT2D eigenvalue weighted by atomic mass is 127. The third-order valence-corrected chi connectivity index (χ3v) is 5.42.